The molecule has 0 aromatic heterocycles. The van der Waals surface area contributed by atoms with E-state index in [0.29, 0.717) is 36.4 Å². The van der Waals surface area contributed by atoms with Gasteiger partial charge in [0.1, 0.15) is 11.9 Å². The summed E-state index contributed by atoms with van der Waals surface area (Å²) < 4.78 is 53.2. The summed E-state index contributed by atoms with van der Waals surface area (Å²) in [6.45, 7) is 7.13. The second-order valence-corrected chi connectivity index (χ2v) is 10.7. The first-order valence-corrected chi connectivity index (χ1v) is 13.2. The molecule has 0 amide bonds. The van der Waals surface area contributed by atoms with Gasteiger partial charge in [-0.25, -0.2) is 12.8 Å². The van der Waals surface area contributed by atoms with Crippen LogP contribution in [0.25, 0.3) is 0 Å². The number of para-hydroxylation sites is 1. The second kappa shape index (κ2) is 10.4. The lowest BCUT2D eigenvalue weighted by Gasteiger charge is -2.41. The molecule has 2 heterocycles. The maximum absolute atomic E-state index is 13.8. The third-order valence-electron chi connectivity index (χ3n) is 6.63. The van der Waals surface area contributed by atoms with Crippen LogP contribution in [0.2, 0.25) is 0 Å². The van der Waals surface area contributed by atoms with E-state index >= 15 is 0 Å². The highest BCUT2D eigenvalue weighted by Crippen LogP contribution is 2.29. The van der Waals surface area contributed by atoms with Crippen LogP contribution in [0, 0.1) is 12.7 Å². The van der Waals surface area contributed by atoms with E-state index in [0.717, 1.165) is 50.1 Å². The highest BCUT2D eigenvalue weighted by Gasteiger charge is 2.33. The van der Waals surface area contributed by atoms with E-state index in [1.165, 1.54) is 6.07 Å². The van der Waals surface area contributed by atoms with Crippen molar-refractivity contribution in [3.05, 3.63) is 53.8 Å². The smallest absolute Gasteiger partial charge is 0.243 e. The number of nitrogens with zero attached hydrogens (tertiary/aromatic N) is 2. The SMILES string of the molecule is CCOc1ccc(S(=O)(=O)N2CCC(N3CCC(Oc4ccccc4F)CC3)CC2)cc1C. The molecule has 0 spiro atoms. The van der Waals surface area contributed by atoms with E-state index in [4.69, 9.17) is 9.47 Å². The number of piperidine rings is 2. The van der Waals surface area contributed by atoms with E-state index < -0.39 is 10.0 Å². The van der Waals surface area contributed by atoms with Gasteiger partial charge in [0.05, 0.1) is 11.5 Å². The average Bonchev–Trinajstić information content (AvgIpc) is 2.82. The van der Waals surface area contributed by atoms with Crippen molar-refractivity contribution in [1.29, 1.82) is 0 Å². The highest BCUT2D eigenvalue weighted by atomic mass is 32.2. The summed E-state index contributed by atoms with van der Waals surface area (Å²) >= 11 is 0. The van der Waals surface area contributed by atoms with Crippen molar-refractivity contribution in [1.82, 2.24) is 9.21 Å². The summed E-state index contributed by atoms with van der Waals surface area (Å²) in [4.78, 5) is 2.76. The van der Waals surface area contributed by atoms with Crippen LogP contribution in [0.15, 0.2) is 47.4 Å². The number of benzene rings is 2. The molecule has 2 aromatic carbocycles. The zero-order chi connectivity index (χ0) is 23.4. The lowest BCUT2D eigenvalue weighted by Crippen LogP contribution is -2.50. The van der Waals surface area contributed by atoms with Crippen LogP contribution in [-0.4, -0.2) is 62.6 Å². The first-order chi connectivity index (χ1) is 15.9. The Kier molecular flexibility index (Phi) is 7.56. The zero-order valence-electron chi connectivity index (χ0n) is 19.4. The molecule has 0 aliphatic carbocycles. The van der Waals surface area contributed by atoms with Crippen LogP contribution in [0.3, 0.4) is 0 Å². The number of rotatable bonds is 7. The molecule has 2 aliphatic rings. The van der Waals surface area contributed by atoms with Crippen molar-refractivity contribution in [3.8, 4) is 11.5 Å². The Hall–Kier alpha value is -2.16. The minimum absolute atomic E-state index is 0.0153. The maximum atomic E-state index is 13.8. The van der Waals surface area contributed by atoms with Gasteiger partial charge in [0.15, 0.2) is 11.6 Å². The molecular formula is C25H33FN2O4S. The van der Waals surface area contributed by atoms with Gasteiger partial charge in [-0.1, -0.05) is 12.1 Å². The first-order valence-electron chi connectivity index (χ1n) is 11.8. The quantitative estimate of drug-likeness (QED) is 0.599. The monoisotopic (exact) mass is 476 g/mol. The van der Waals surface area contributed by atoms with E-state index in [1.807, 2.05) is 13.8 Å². The number of hydrogen-bond donors (Lipinski definition) is 0. The molecule has 4 rings (SSSR count). The molecule has 2 aromatic rings. The van der Waals surface area contributed by atoms with Gasteiger partial charge in [0.25, 0.3) is 0 Å². The fourth-order valence-electron chi connectivity index (χ4n) is 4.78. The largest absolute Gasteiger partial charge is 0.494 e. The number of aryl methyl sites for hydroxylation is 1. The Balaban J connectivity index is 1.29. The third kappa shape index (κ3) is 5.50. The van der Waals surface area contributed by atoms with Gasteiger partial charge in [0.2, 0.25) is 10.0 Å². The summed E-state index contributed by atoms with van der Waals surface area (Å²) in [7, 11) is -3.51. The Morgan fingerprint density at radius 2 is 1.67 bits per heavy atom. The molecule has 180 valence electrons. The minimum atomic E-state index is -3.51. The van der Waals surface area contributed by atoms with Crippen LogP contribution in [0.1, 0.15) is 38.2 Å². The van der Waals surface area contributed by atoms with Crippen molar-refractivity contribution < 1.29 is 22.3 Å². The van der Waals surface area contributed by atoms with E-state index in [2.05, 4.69) is 4.90 Å². The van der Waals surface area contributed by atoms with Crippen LogP contribution >= 0.6 is 0 Å². The number of sulfonamides is 1. The number of likely N-dealkylation sites (tertiary alicyclic amines) is 1. The average molecular weight is 477 g/mol. The van der Waals surface area contributed by atoms with Gasteiger partial charge in [-0.3, -0.25) is 0 Å². The molecule has 8 heteroatoms. The predicted octanol–water partition coefficient (Wildman–Crippen LogP) is 4.23. The fraction of sp³-hybridized carbons (Fsp3) is 0.520. The molecule has 0 radical (unpaired) electrons. The van der Waals surface area contributed by atoms with Gasteiger partial charge >= 0.3 is 0 Å². The molecular weight excluding hydrogens is 443 g/mol. The molecule has 2 fully saturated rings. The summed E-state index contributed by atoms with van der Waals surface area (Å²) in [5, 5.41) is 0. The Bertz CT molecular complexity index is 1050. The Morgan fingerprint density at radius 3 is 2.30 bits per heavy atom. The Labute approximate surface area is 196 Å². The lowest BCUT2D eigenvalue weighted by molar-refractivity contribution is 0.0568. The van der Waals surface area contributed by atoms with E-state index in [-0.39, 0.29) is 11.9 Å². The van der Waals surface area contributed by atoms with Crippen molar-refractivity contribution in [2.24, 2.45) is 0 Å². The minimum Gasteiger partial charge on any atom is -0.494 e. The summed E-state index contributed by atoms with van der Waals surface area (Å²) in [6.07, 6.45) is 3.33. The Morgan fingerprint density at radius 1 is 0.970 bits per heavy atom. The molecule has 0 atom stereocenters. The van der Waals surface area contributed by atoms with Crippen molar-refractivity contribution in [3.63, 3.8) is 0 Å². The predicted molar refractivity (Wildman–Crippen MR) is 126 cm³/mol. The maximum Gasteiger partial charge on any atom is 0.243 e. The molecule has 0 bridgehead atoms. The number of ether oxygens (including phenoxy) is 2. The molecule has 0 unspecified atom stereocenters. The van der Waals surface area contributed by atoms with Crippen molar-refractivity contribution in [2.75, 3.05) is 32.8 Å². The fourth-order valence-corrected chi connectivity index (χ4v) is 6.33. The molecule has 6 nitrogen and oxygen atoms in total. The van der Waals surface area contributed by atoms with Crippen LogP contribution < -0.4 is 9.47 Å². The van der Waals surface area contributed by atoms with Crippen LogP contribution in [0.4, 0.5) is 4.39 Å². The zero-order valence-corrected chi connectivity index (χ0v) is 20.2. The lowest BCUT2D eigenvalue weighted by atomic mass is 10.00. The summed E-state index contributed by atoms with van der Waals surface area (Å²) in [5.74, 6) is 0.716. The number of hydrogen-bond acceptors (Lipinski definition) is 5. The highest BCUT2D eigenvalue weighted by molar-refractivity contribution is 7.89. The molecule has 33 heavy (non-hydrogen) atoms. The van der Waals surface area contributed by atoms with E-state index in [1.54, 1.807) is 40.7 Å². The molecule has 2 saturated heterocycles. The van der Waals surface area contributed by atoms with Gasteiger partial charge < -0.3 is 14.4 Å². The van der Waals surface area contributed by atoms with Gasteiger partial charge in [-0.2, -0.15) is 4.31 Å². The first kappa shape index (κ1) is 24.0. The second-order valence-electron chi connectivity index (χ2n) is 8.78. The molecule has 2 aliphatic heterocycles. The van der Waals surface area contributed by atoms with Crippen LogP contribution in [0.5, 0.6) is 11.5 Å². The standard InChI is InChI=1S/C25H33FN2O4S/c1-3-31-24-9-8-22(18-19(24)2)33(29,30)28-16-10-20(11-17-28)27-14-12-21(13-15-27)32-25-7-5-4-6-23(25)26/h4-9,18,20-21H,3,10-17H2,1-2H3. The van der Waals surface area contributed by atoms with Gasteiger partial charge in [0, 0.05) is 32.2 Å². The van der Waals surface area contributed by atoms with Gasteiger partial charge in [-0.05, 0) is 75.4 Å². The van der Waals surface area contributed by atoms with Crippen molar-refractivity contribution in [2.45, 2.75) is 56.6 Å². The summed E-state index contributed by atoms with van der Waals surface area (Å²) in [6, 6.07) is 12.0. The number of halogens is 1. The topological polar surface area (TPSA) is 59.1 Å². The molecule has 0 N–H and O–H groups in total. The third-order valence-corrected chi connectivity index (χ3v) is 8.53. The normalized spacial score (nSPS) is 19.5. The van der Waals surface area contributed by atoms with Crippen LogP contribution in [-0.2, 0) is 10.0 Å². The van der Waals surface area contributed by atoms with Crippen molar-refractivity contribution >= 4 is 10.0 Å². The van der Waals surface area contributed by atoms with Gasteiger partial charge in [-0.15, -0.1) is 0 Å². The molecule has 0 saturated carbocycles. The summed E-state index contributed by atoms with van der Waals surface area (Å²) in [5.41, 5.74) is 0.827. The van der Waals surface area contributed by atoms with E-state index in [9.17, 15) is 12.8 Å².